The lowest BCUT2D eigenvalue weighted by atomic mass is 9.89. The molecule has 8 nitrogen and oxygen atoms in total. The molecule has 1 saturated carbocycles. The minimum atomic E-state index is -3.81. The molecule has 0 unspecified atom stereocenters. The van der Waals surface area contributed by atoms with E-state index in [1.807, 2.05) is 0 Å². The van der Waals surface area contributed by atoms with Gasteiger partial charge in [0.15, 0.2) is 0 Å². The summed E-state index contributed by atoms with van der Waals surface area (Å²) in [5.41, 5.74) is 0. The summed E-state index contributed by atoms with van der Waals surface area (Å²) in [6.45, 7) is 0.901. The Hall–Kier alpha value is -1.52. The number of fused-ring (bicyclic) bond motifs is 1. The number of benzene rings is 1. The van der Waals surface area contributed by atoms with Gasteiger partial charge >= 0.3 is 0 Å². The van der Waals surface area contributed by atoms with Crippen molar-refractivity contribution < 1.29 is 27.8 Å². The predicted octanol–water partition coefficient (Wildman–Crippen LogP) is 2.07. The van der Waals surface area contributed by atoms with Crippen molar-refractivity contribution in [2.75, 3.05) is 26.3 Å². The molecule has 33 heavy (non-hydrogen) atoms. The molecule has 1 aromatic rings. The van der Waals surface area contributed by atoms with Crippen LogP contribution in [0.5, 0.6) is 0 Å². The lowest BCUT2D eigenvalue weighted by molar-refractivity contribution is -0.146. The second kappa shape index (κ2) is 11.3. The quantitative estimate of drug-likeness (QED) is 0.646. The molecule has 184 valence electrons. The van der Waals surface area contributed by atoms with Crippen LogP contribution in [0.4, 0.5) is 0 Å². The Balaban J connectivity index is 1.39. The van der Waals surface area contributed by atoms with Gasteiger partial charge in [-0.3, -0.25) is 4.79 Å². The van der Waals surface area contributed by atoms with Gasteiger partial charge in [0.1, 0.15) is 0 Å². The number of rotatable bonds is 6. The molecule has 3 aliphatic rings. The Morgan fingerprint density at radius 1 is 1.06 bits per heavy atom. The second-order valence-electron chi connectivity index (χ2n) is 9.53. The van der Waals surface area contributed by atoms with Gasteiger partial charge < -0.3 is 19.9 Å². The van der Waals surface area contributed by atoms with Crippen LogP contribution in [0.3, 0.4) is 0 Å². The summed E-state index contributed by atoms with van der Waals surface area (Å²) in [5.74, 6) is 0.557. The van der Waals surface area contributed by atoms with E-state index in [0.717, 1.165) is 6.54 Å². The Kier molecular flexibility index (Phi) is 8.40. The van der Waals surface area contributed by atoms with Crippen LogP contribution in [0, 0.1) is 5.92 Å². The number of aliphatic hydroxyl groups is 1. The first kappa shape index (κ1) is 24.6. The van der Waals surface area contributed by atoms with Crippen LogP contribution in [-0.4, -0.2) is 74.4 Å². The molecular weight excluding hydrogens is 444 g/mol. The number of aliphatic hydroxyl groups excluding tert-OH is 1. The summed E-state index contributed by atoms with van der Waals surface area (Å²) in [6, 6.07) is 7.82. The number of carbonyl (C=O) groups excluding carboxylic acids is 1. The molecule has 9 heteroatoms. The number of nitrogens with one attached hydrogen (secondary N) is 1. The Morgan fingerprint density at radius 3 is 2.58 bits per heavy atom. The molecule has 2 saturated heterocycles. The van der Waals surface area contributed by atoms with Gasteiger partial charge in [-0.1, -0.05) is 37.5 Å². The van der Waals surface area contributed by atoms with Gasteiger partial charge in [-0.05, 0) is 43.7 Å². The molecule has 1 aromatic carbocycles. The van der Waals surface area contributed by atoms with E-state index in [1.165, 1.54) is 36.4 Å². The fraction of sp³-hybridized carbons (Fsp3) is 0.708. The highest BCUT2D eigenvalue weighted by Crippen LogP contribution is 2.31. The highest BCUT2D eigenvalue weighted by molar-refractivity contribution is 7.89. The molecule has 0 bridgehead atoms. The van der Waals surface area contributed by atoms with Gasteiger partial charge in [0, 0.05) is 13.1 Å². The van der Waals surface area contributed by atoms with Crippen molar-refractivity contribution >= 4 is 15.9 Å². The normalized spacial score (nSPS) is 30.1. The molecule has 1 aliphatic carbocycles. The summed E-state index contributed by atoms with van der Waals surface area (Å²) in [6.07, 6.45) is 5.86. The van der Waals surface area contributed by atoms with E-state index in [9.17, 15) is 18.3 Å². The minimum absolute atomic E-state index is 0.0139. The highest BCUT2D eigenvalue weighted by atomic mass is 32.2. The SMILES string of the molecule is O=C(C[C@@H]1CC[C@@H]2[C@H](COC[C@H](O)CN2S(=O)(=O)c2ccccc2)O1)NCC1CCCCC1. The maximum atomic E-state index is 13.4. The van der Waals surface area contributed by atoms with Crippen molar-refractivity contribution in [3.05, 3.63) is 30.3 Å². The van der Waals surface area contributed by atoms with E-state index < -0.39 is 28.3 Å². The first-order valence-electron chi connectivity index (χ1n) is 12.2. The Morgan fingerprint density at radius 2 is 1.82 bits per heavy atom. The Labute approximate surface area is 196 Å². The van der Waals surface area contributed by atoms with Gasteiger partial charge in [0.2, 0.25) is 15.9 Å². The minimum Gasteiger partial charge on any atom is -0.389 e. The molecule has 3 fully saturated rings. The fourth-order valence-electron chi connectivity index (χ4n) is 5.23. The van der Waals surface area contributed by atoms with Crippen LogP contribution in [0.25, 0.3) is 0 Å². The molecule has 2 heterocycles. The topological polar surface area (TPSA) is 105 Å². The van der Waals surface area contributed by atoms with Gasteiger partial charge in [-0.2, -0.15) is 4.31 Å². The Bertz CT molecular complexity index is 874. The predicted molar refractivity (Wildman–Crippen MR) is 123 cm³/mol. The fourth-order valence-corrected chi connectivity index (χ4v) is 6.96. The van der Waals surface area contributed by atoms with Crippen molar-refractivity contribution in [3.63, 3.8) is 0 Å². The summed E-state index contributed by atoms with van der Waals surface area (Å²) in [5, 5.41) is 13.4. The third kappa shape index (κ3) is 6.33. The van der Waals surface area contributed by atoms with Crippen LogP contribution in [0.15, 0.2) is 35.2 Å². The number of carbonyl (C=O) groups is 1. The zero-order chi connectivity index (χ0) is 23.3. The average Bonchev–Trinajstić information content (AvgIpc) is 2.82. The number of hydrogen-bond acceptors (Lipinski definition) is 6. The van der Waals surface area contributed by atoms with Crippen LogP contribution in [0.2, 0.25) is 0 Å². The highest BCUT2D eigenvalue weighted by Gasteiger charge is 2.43. The maximum absolute atomic E-state index is 13.4. The van der Waals surface area contributed by atoms with Crippen LogP contribution >= 0.6 is 0 Å². The van der Waals surface area contributed by atoms with Gasteiger partial charge in [0.05, 0.1) is 48.9 Å². The number of hydrogen-bond donors (Lipinski definition) is 2. The molecule has 4 atom stereocenters. The number of nitrogens with zero attached hydrogens (tertiary/aromatic N) is 1. The van der Waals surface area contributed by atoms with Crippen molar-refractivity contribution in [1.29, 1.82) is 0 Å². The monoisotopic (exact) mass is 480 g/mol. The van der Waals surface area contributed by atoms with E-state index in [4.69, 9.17) is 9.47 Å². The van der Waals surface area contributed by atoms with Gasteiger partial charge in [0.25, 0.3) is 0 Å². The number of β-amino-alcohol motifs (C(OH)–C–C–N with tert-alkyl or cyclic N) is 1. The zero-order valence-electron chi connectivity index (χ0n) is 19.1. The first-order chi connectivity index (χ1) is 15.9. The van der Waals surface area contributed by atoms with E-state index in [0.29, 0.717) is 18.8 Å². The molecule has 0 spiro atoms. The van der Waals surface area contributed by atoms with Crippen LogP contribution < -0.4 is 5.32 Å². The third-order valence-electron chi connectivity index (χ3n) is 7.01. The summed E-state index contributed by atoms with van der Waals surface area (Å²) in [4.78, 5) is 12.7. The molecule has 2 aliphatic heterocycles. The largest absolute Gasteiger partial charge is 0.389 e. The summed E-state index contributed by atoms with van der Waals surface area (Å²) in [7, 11) is -3.81. The van der Waals surface area contributed by atoms with Crippen molar-refractivity contribution in [2.24, 2.45) is 5.92 Å². The first-order valence-corrected chi connectivity index (χ1v) is 13.6. The zero-order valence-corrected chi connectivity index (χ0v) is 19.9. The van der Waals surface area contributed by atoms with Crippen molar-refractivity contribution in [2.45, 2.75) is 80.6 Å². The number of ether oxygens (including phenoxy) is 2. The van der Waals surface area contributed by atoms with Crippen molar-refractivity contribution in [1.82, 2.24) is 9.62 Å². The van der Waals surface area contributed by atoms with Crippen molar-refractivity contribution in [3.8, 4) is 0 Å². The van der Waals surface area contributed by atoms with Gasteiger partial charge in [-0.25, -0.2) is 8.42 Å². The number of sulfonamides is 1. The van der Waals surface area contributed by atoms with E-state index in [2.05, 4.69) is 5.32 Å². The lowest BCUT2D eigenvalue weighted by Crippen LogP contribution is -2.57. The third-order valence-corrected chi connectivity index (χ3v) is 8.91. The summed E-state index contributed by atoms with van der Waals surface area (Å²) < 4.78 is 40.0. The van der Waals surface area contributed by atoms with E-state index >= 15 is 0 Å². The molecule has 2 N–H and O–H groups in total. The smallest absolute Gasteiger partial charge is 0.243 e. The van der Waals surface area contributed by atoms with Crippen LogP contribution in [0.1, 0.15) is 51.4 Å². The molecular formula is C24H36N2O6S. The van der Waals surface area contributed by atoms with E-state index in [-0.39, 0.29) is 43.1 Å². The standard InChI is InChI=1S/C24H36N2O6S/c27-19-15-26(33(29,30)21-9-5-2-6-10-21)22-12-11-20(32-23(22)17-31-16-19)13-24(28)25-14-18-7-3-1-4-8-18/h2,5-6,9-10,18-20,22-23,27H,1,3-4,7-8,11-17H2,(H,25,28)/t19-,20+,22-,23+/m1/s1. The van der Waals surface area contributed by atoms with Crippen LogP contribution in [-0.2, 0) is 24.3 Å². The maximum Gasteiger partial charge on any atom is 0.243 e. The molecule has 4 rings (SSSR count). The lowest BCUT2D eigenvalue weighted by Gasteiger charge is -2.43. The molecule has 0 aromatic heterocycles. The molecule has 1 amide bonds. The average molecular weight is 481 g/mol. The van der Waals surface area contributed by atoms with E-state index in [1.54, 1.807) is 30.3 Å². The summed E-state index contributed by atoms with van der Waals surface area (Å²) >= 11 is 0. The van der Waals surface area contributed by atoms with Gasteiger partial charge in [-0.15, -0.1) is 0 Å². The number of amides is 1. The molecule has 0 radical (unpaired) electrons. The second-order valence-corrected chi connectivity index (χ2v) is 11.4.